The molecule has 0 unspecified atom stereocenters. The lowest BCUT2D eigenvalue weighted by atomic mass is 10.2. The molecule has 0 aliphatic rings. The van der Waals surface area contributed by atoms with Crippen molar-refractivity contribution in [2.24, 2.45) is 0 Å². The zero-order chi connectivity index (χ0) is 16.9. The average molecular weight is 319 g/mol. The van der Waals surface area contributed by atoms with Crippen LogP contribution in [-0.4, -0.2) is 16.8 Å². The molecule has 0 saturated carbocycles. The van der Waals surface area contributed by atoms with Crippen molar-refractivity contribution < 1.29 is 9.59 Å². The molecule has 1 aromatic heterocycles. The Morgan fingerprint density at radius 1 is 0.958 bits per heavy atom. The third-order valence-electron chi connectivity index (χ3n) is 3.55. The van der Waals surface area contributed by atoms with Crippen molar-refractivity contribution in [2.75, 3.05) is 5.32 Å². The van der Waals surface area contributed by atoms with E-state index in [0.29, 0.717) is 17.8 Å². The lowest BCUT2D eigenvalue weighted by Crippen LogP contribution is -2.23. The Balaban J connectivity index is 1.64. The van der Waals surface area contributed by atoms with Crippen LogP contribution in [0.5, 0.6) is 0 Å². The molecule has 0 aliphatic heterocycles. The van der Waals surface area contributed by atoms with Crippen LogP contribution in [0, 0.1) is 0 Å². The van der Waals surface area contributed by atoms with Gasteiger partial charge in [0.05, 0.1) is 17.8 Å². The van der Waals surface area contributed by atoms with Gasteiger partial charge in [-0.3, -0.25) is 14.6 Å². The summed E-state index contributed by atoms with van der Waals surface area (Å²) in [5.74, 6) is -0.325. The van der Waals surface area contributed by atoms with Crippen LogP contribution in [-0.2, 0) is 11.3 Å². The first-order valence-electron chi connectivity index (χ1n) is 7.62. The Morgan fingerprint density at radius 2 is 1.71 bits per heavy atom. The van der Waals surface area contributed by atoms with Gasteiger partial charge < -0.3 is 10.6 Å². The standard InChI is InChI=1S/C19H17N3O2/c1-13(23)21-16-9-7-15(8-10-16)19(24)20-12-17-11-6-14-4-2-3-5-18(14)22-17/h2-11H,12H2,1H3,(H,20,24)(H,21,23). The van der Waals surface area contributed by atoms with Gasteiger partial charge in [0.1, 0.15) is 0 Å². The summed E-state index contributed by atoms with van der Waals surface area (Å²) in [6, 6.07) is 18.5. The average Bonchev–Trinajstić information content (AvgIpc) is 2.59. The number of para-hydroxylation sites is 1. The summed E-state index contributed by atoms with van der Waals surface area (Å²) in [6.07, 6.45) is 0. The minimum absolute atomic E-state index is 0.144. The maximum atomic E-state index is 12.2. The number of hydrogen-bond donors (Lipinski definition) is 2. The van der Waals surface area contributed by atoms with Gasteiger partial charge in [0, 0.05) is 23.6 Å². The third kappa shape index (κ3) is 3.76. The van der Waals surface area contributed by atoms with Gasteiger partial charge in [0.15, 0.2) is 0 Å². The molecule has 0 atom stereocenters. The van der Waals surface area contributed by atoms with E-state index in [1.807, 2.05) is 36.4 Å². The van der Waals surface area contributed by atoms with Crippen LogP contribution in [0.1, 0.15) is 23.0 Å². The van der Waals surface area contributed by atoms with E-state index in [1.165, 1.54) is 6.92 Å². The van der Waals surface area contributed by atoms with Crippen molar-refractivity contribution in [2.45, 2.75) is 13.5 Å². The summed E-state index contributed by atoms with van der Waals surface area (Å²) >= 11 is 0. The number of fused-ring (bicyclic) bond motifs is 1. The van der Waals surface area contributed by atoms with E-state index in [1.54, 1.807) is 24.3 Å². The Hall–Kier alpha value is -3.21. The van der Waals surface area contributed by atoms with Crippen LogP contribution in [0.3, 0.4) is 0 Å². The zero-order valence-electron chi connectivity index (χ0n) is 13.2. The van der Waals surface area contributed by atoms with E-state index in [4.69, 9.17) is 0 Å². The van der Waals surface area contributed by atoms with Gasteiger partial charge >= 0.3 is 0 Å². The first-order valence-corrected chi connectivity index (χ1v) is 7.62. The topological polar surface area (TPSA) is 71.1 Å². The summed E-state index contributed by atoms with van der Waals surface area (Å²) < 4.78 is 0. The number of rotatable bonds is 4. The number of anilines is 1. The second-order valence-electron chi connectivity index (χ2n) is 5.44. The molecule has 24 heavy (non-hydrogen) atoms. The number of nitrogens with one attached hydrogen (secondary N) is 2. The van der Waals surface area contributed by atoms with Gasteiger partial charge in [-0.15, -0.1) is 0 Å². The second kappa shape index (κ2) is 6.91. The molecule has 0 spiro atoms. The molecule has 0 bridgehead atoms. The molecule has 2 amide bonds. The van der Waals surface area contributed by atoms with Crippen molar-refractivity contribution in [1.29, 1.82) is 0 Å². The summed E-state index contributed by atoms with van der Waals surface area (Å²) in [5, 5.41) is 6.59. The van der Waals surface area contributed by atoms with Gasteiger partial charge in [-0.05, 0) is 36.4 Å². The SMILES string of the molecule is CC(=O)Nc1ccc(C(=O)NCc2ccc3ccccc3n2)cc1. The first kappa shape index (κ1) is 15.7. The predicted molar refractivity (Wildman–Crippen MR) is 93.7 cm³/mol. The number of nitrogens with zero attached hydrogens (tertiary/aromatic N) is 1. The van der Waals surface area contributed by atoms with Gasteiger partial charge in [-0.1, -0.05) is 24.3 Å². The Labute approximate surface area is 139 Å². The summed E-state index contributed by atoms with van der Waals surface area (Å²) in [7, 11) is 0. The van der Waals surface area contributed by atoms with Crippen molar-refractivity contribution >= 4 is 28.4 Å². The second-order valence-corrected chi connectivity index (χ2v) is 5.44. The molecule has 5 nitrogen and oxygen atoms in total. The molecule has 5 heteroatoms. The highest BCUT2D eigenvalue weighted by atomic mass is 16.2. The Bertz CT molecular complexity index is 889. The highest BCUT2D eigenvalue weighted by Gasteiger charge is 2.06. The fourth-order valence-corrected chi connectivity index (χ4v) is 2.39. The van der Waals surface area contributed by atoms with E-state index < -0.39 is 0 Å². The maximum Gasteiger partial charge on any atom is 0.251 e. The molecule has 0 aliphatic carbocycles. The van der Waals surface area contributed by atoms with E-state index in [0.717, 1.165) is 16.6 Å². The molecule has 0 fully saturated rings. The number of pyridine rings is 1. The number of carbonyl (C=O) groups excluding carboxylic acids is 2. The van der Waals surface area contributed by atoms with Crippen molar-refractivity contribution in [3.05, 3.63) is 71.9 Å². The summed E-state index contributed by atoms with van der Waals surface area (Å²) in [5.41, 5.74) is 2.90. The van der Waals surface area contributed by atoms with E-state index in [2.05, 4.69) is 15.6 Å². The van der Waals surface area contributed by atoms with Gasteiger partial charge in [-0.25, -0.2) is 0 Å². The van der Waals surface area contributed by atoms with Crippen LogP contribution in [0.2, 0.25) is 0 Å². The monoisotopic (exact) mass is 319 g/mol. The quantitative estimate of drug-likeness (QED) is 0.776. The van der Waals surface area contributed by atoms with Crippen LogP contribution >= 0.6 is 0 Å². The Morgan fingerprint density at radius 3 is 2.46 bits per heavy atom. The van der Waals surface area contributed by atoms with Gasteiger partial charge in [0.2, 0.25) is 5.91 Å². The number of carbonyl (C=O) groups is 2. The molecule has 3 aromatic rings. The molecule has 3 rings (SSSR count). The van der Waals surface area contributed by atoms with E-state index in [9.17, 15) is 9.59 Å². The molecule has 2 N–H and O–H groups in total. The zero-order valence-corrected chi connectivity index (χ0v) is 13.2. The molecule has 120 valence electrons. The van der Waals surface area contributed by atoms with Crippen molar-refractivity contribution in [1.82, 2.24) is 10.3 Å². The normalized spacial score (nSPS) is 10.4. The largest absolute Gasteiger partial charge is 0.346 e. The van der Waals surface area contributed by atoms with Crippen LogP contribution in [0.4, 0.5) is 5.69 Å². The number of hydrogen-bond acceptors (Lipinski definition) is 3. The molecule has 0 saturated heterocycles. The fourth-order valence-electron chi connectivity index (χ4n) is 2.39. The van der Waals surface area contributed by atoms with Crippen LogP contribution in [0.25, 0.3) is 10.9 Å². The van der Waals surface area contributed by atoms with Crippen LogP contribution in [0.15, 0.2) is 60.7 Å². The highest BCUT2D eigenvalue weighted by Crippen LogP contribution is 2.12. The molecule has 0 radical (unpaired) electrons. The molecule has 1 heterocycles. The summed E-state index contributed by atoms with van der Waals surface area (Å²) in [4.78, 5) is 27.7. The van der Waals surface area contributed by atoms with Crippen LogP contribution < -0.4 is 10.6 Å². The van der Waals surface area contributed by atoms with Gasteiger partial charge in [-0.2, -0.15) is 0 Å². The summed E-state index contributed by atoms with van der Waals surface area (Å²) in [6.45, 7) is 1.80. The fraction of sp³-hybridized carbons (Fsp3) is 0.105. The lowest BCUT2D eigenvalue weighted by Gasteiger charge is -2.07. The minimum Gasteiger partial charge on any atom is -0.346 e. The van der Waals surface area contributed by atoms with E-state index in [-0.39, 0.29) is 11.8 Å². The molecule has 2 aromatic carbocycles. The smallest absolute Gasteiger partial charge is 0.251 e. The first-order chi connectivity index (χ1) is 11.6. The number of amides is 2. The van der Waals surface area contributed by atoms with Gasteiger partial charge in [0.25, 0.3) is 5.91 Å². The lowest BCUT2D eigenvalue weighted by molar-refractivity contribution is -0.114. The highest BCUT2D eigenvalue weighted by molar-refractivity contribution is 5.95. The predicted octanol–water partition coefficient (Wildman–Crippen LogP) is 3.12. The molecular weight excluding hydrogens is 302 g/mol. The maximum absolute atomic E-state index is 12.2. The van der Waals surface area contributed by atoms with E-state index >= 15 is 0 Å². The number of aromatic nitrogens is 1. The molecular formula is C19H17N3O2. The van der Waals surface area contributed by atoms with Crippen molar-refractivity contribution in [3.8, 4) is 0 Å². The van der Waals surface area contributed by atoms with Crippen molar-refractivity contribution in [3.63, 3.8) is 0 Å². The Kier molecular flexibility index (Phi) is 4.52. The number of benzene rings is 2. The minimum atomic E-state index is -0.181. The third-order valence-corrected chi connectivity index (χ3v) is 3.55.